The van der Waals surface area contributed by atoms with Gasteiger partial charge in [0.1, 0.15) is 6.54 Å². The van der Waals surface area contributed by atoms with Crippen molar-refractivity contribution in [1.29, 1.82) is 0 Å². The van der Waals surface area contributed by atoms with E-state index >= 15 is 0 Å². The molecule has 7 nitrogen and oxygen atoms in total. The Morgan fingerprint density at radius 3 is 2.57 bits per heavy atom. The van der Waals surface area contributed by atoms with Crippen LogP contribution in [-0.4, -0.2) is 59.7 Å². The number of unbranched alkanes of at least 4 members (excludes halogenated alkanes) is 1. The van der Waals surface area contributed by atoms with Crippen molar-refractivity contribution in [2.24, 2.45) is 7.05 Å². The fourth-order valence-electron chi connectivity index (χ4n) is 3.14. The highest BCUT2D eigenvalue weighted by Crippen LogP contribution is 2.12. The van der Waals surface area contributed by atoms with E-state index in [1.807, 2.05) is 66.0 Å². The number of amides is 3. The maximum atomic E-state index is 13.1. The van der Waals surface area contributed by atoms with E-state index in [2.05, 4.69) is 12.2 Å². The van der Waals surface area contributed by atoms with E-state index < -0.39 is 0 Å². The van der Waals surface area contributed by atoms with Crippen LogP contribution in [0.2, 0.25) is 0 Å². The number of carbonyl (C=O) groups is 2. The quantitative estimate of drug-likeness (QED) is 0.610. The monoisotopic (exact) mass is 414 g/mol. The molecular weight excluding hydrogens is 380 g/mol. The predicted octanol–water partition coefficient (Wildman–Crippen LogP) is 3.64. The lowest BCUT2D eigenvalue weighted by Gasteiger charge is -2.28. The summed E-state index contributed by atoms with van der Waals surface area (Å²) in [5.41, 5.74) is 2.83. The van der Waals surface area contributed by atoms with Crippen LogP contribution in [0.4, 0.5) is 10.5 Å². The molecule has 0 aliphatic heterocycles. The number of hydrogen-bond acceptors (Lipinski definition) is 3. The van der Waals surface area contributed by atoms with Crippen LogP contribution in [0.1, 0.15) is 31.0 Å². The molecule has 1 heterocycles. The highest BCUT2D eigenvalue weighted by atomic mass is 16.5. The number of benzene rings is 1. The zero-order valence-corrected chi connectivity index (χ0v) is 18.6. The topological polar surface area (TPSA) is 66.8 Å². The second kappa shape index (κ2) is 12.0. The molecule has 3 amide bonds. The first-order chi connectivity index (χ1) is 14.4. The average molecular weight is 415 g/mol. The molecule has 1 aromatic carbocycles. The summed E-state index contributed by atoms with van der Waals surface area (Å²) < 4.78 is 7.16. The van der Waals surface area contributed by atoms with Crippen molar-refractivity contribution in [2.45, 2.75) is 33.2 Å². The number of hydrogen-bond donors (Lipinski definition) is 1. The molecule has 0 aliphatic rings. The van der Waals surface area contributed by atoms with Gasteiger partial charge in [-0.25, -0.2) is 4.79 Å². The van der Waals surface area contributed by atoms with Crippen LogP contribution in [0, 0.1) is 6.92 Å². The van der Waals surface area contributed by atoms with E-state index in [9.17, 15) is 9.59 Å². The lowest BCUT2D eigenvalue weighted by atomic mass is 10.2. The van der Waals surface area contributed by atoms with E-state index in [0.717, 1.165) is 24.1 Å². The first-order valence-electron chi connectivity index (χ1n) is 10.4. The molecule has 1 N–H and O–H groups in total. The van der Waals surface area contributed by atoms with Crippen molar-refractivity contribution in [3.05, 3.63) is 53.9 Å². The minimum Gasteiger partial charge on any atom is -0.383 e. The van der Waals surface area contributed by atoms with Crippen molar-refractivity contribution in [3.8, 4) is 0 Å². The van der Waals surface area contributed by atoms with Crippen LogP contribution >= 0.6 is 0 Å². The lowest BCUT2D eigenvalue weighted by molar-refractivity contribution is -0.132. The first kappa shape index (κ1) is 23.5. The fourth-order valence-corrected chi connectivity index (χ4v) is 3.14. The minimum absolute atomic E-state index is 0.00907. The summed E-state index contributed by atoms with van der Waals surface area (Å²) >= 11 is 0. The molecule has 1 aromatic heterocycles. The Hall–Kier alpha value is -2.80. The number of ether oxygens (including phenoxy) is 1. The van der Waals surface area contributed by atoms with Gasteiger partial charge in [-0.15, -0.1) is 0 Å². The summed E-state index contributed by atoms with van der Waals surface area (Å²) in [6, 6.07) is 11.3. The van der Waals surface area contributed by atoms with Crippen LogP contribution in [0.25, 0.3) is 0 Å². The molecule has 30 heavy (non-hydrogen) atoms. The highest BCUT2D eigenvalue weighted by Gasteiger charge is 2.22. The molecule has 0 spiro atoms. The highest BCUT2D eigenvalue weighted by molar-refractivity contribution is 5.92. The van der Waals surface area contributed by atoms with Gasteiger partial charge in [-0.3, -0.25) is 4.79 Å². The molecular formula is C23H34N4O3. The lowest BCUT2D eigenvalue weighted by Crippen LogP contribution is -2.45. The van der Waals surface area contributed by atoms with Crippen molar-refractivity contribution in [3.63, 3.8) is 0 Å². The molecule has 0 saturated carbocycles. The minimum atomic E-state index is -0.305. The molecule has 0 unspecified atom stereocenters. The van der Waals surface area contributed by atoms with E-state index in [-0.39, 0.29) is 18.5 Å². The third-order valence-corrected chi connectivity index (χ3v) is 4.99. The van der Waals surface area contributed by atoms with Crippen LogP contribution in [-0.2, 0) is 23.1 Å². The van der Waals surface area contributed by atoms with Crippen LogP contribution in [0.3, 0.4) is 0 Å². The largest absolute Gasteiger partial charge is 0.383 e. The zero-order valence-electron chi connectivity index (χ0n) is 18.6. The third-order valence-electron chi connectivity index (χ3n) is 4.99. The van der Waals surface area contributed by atoms with Gasteiger partial charge in [0.15, 0.2) is 0 Å². The molecule has 0 fully saturated rings. The molecule has 0 saturated heterocycles. The number of nitrogens with zero attached hydrogens (tertiary/aromatic N) is 3. The fraction of sp³-hybridized carbons (Fsp3) is 0.478. The SMILES string of the molecule is CCCCN(Cc1cccn1C)C(=O)CN(CCOC)C(=O)Nc1cccc(C)c1. The Morgan fingerprint density at radius 1 is 1.13 bits per heavy atom. The molecule has 0 bridgehead atoms. The van der Waals surface area contributed by atoms with Gasteiger partial charge in [-0.2, -0.15) is 0 Å². The number of urea groups is 1. The number of carbonyl (C=O) groups excluding carboxylic acids is 2. The second-order valence-electron chi connectivity index (χ2n) is 7.49. The Labute approximate surface area is 179 Å². The van der Waals surface area contributed by atoms with Gasteiger partial charge in [0.2, 0.25) is 5.91 Å². The van der Waals surface area contributed by atoms with Crippen LogP contribution < -0.4 is 5.32 Å². The maximum Gasteiger partial charge on any atom is 0.322 e. The van der Waals surface area contributed by atoms with Gasteiger partial charge in [-0.1, -0.05) is 25.5 Å². The number of anilines is 1. The molecule has 0 atom stereocenters. The Bertz CT molecular complexity index is 818. The van der Waals surface area contributed by atoms with E-state index in [0.29, 0.717) is 31.9 Å². The van der Waals surface area contributed by atoms with Crippen molar-refractivity contribution in [1.82, 2.24) is 14.4 Å². The average Bonchev–Trinajstić information content (AvgIpc) is 3.12. The summed E-state index contributed by atoms with van der Waals surface area (Å²) in [5, 5.41) is 2.89. The second-order valence-corrected chi connectivity index (χ2v) is 7.49. The van der Waals surface area contributed by atoms with Gasteiger partial charge in [0, 0.05) is 44.8 Å². The summed E-state index contributed by atoms with van der Waals surface area (Å²) in [6.45, 7) is 5.97. The number of aromatic nitrogens is 1. The van der Waals surface area contributed by atoms with Crippen LogP contribution in [0.15, 0.2) is 42.6 Å². The molecule has 2 aromatic rings. The third kappa shape index (κ3) is 7.22. The molecule has 164 valence electrons. The van der Waals surface area contributed by atoms with Crippen molar-refractivity contribution in [2.75, 3.05) is 38.7 Å². The van der Waals surface area contributed by atoms with E-state index in [1.54, 1.807) is 7.11 Å². The number of nitrogens with one attached hydrogen (secondary N) is 1. The van der Waals surface area contributed by atoms with Gasteiger partial charge in [-0.05, 0) is 43.2 Å². The predicted molar refractivity (Wildman–Crippen MR) is 119 cm³/mol. The Balaban J connectivity index is 2.09. The van der Waals surface area contributed by atoms with E-state index in [4.69, 9.17) is 4.74 Å². The first-order valence-corrected chi connectivity index (χ1v) is 10.4. The molecule has 7 heteroatoms. The maximum absolute atomic E-state index is 13.1. The molecule has 0 aliphatic carbocycles. The van der Waals surface area contributed by atoms with Gasteiger partial charge < -0.3 is 24.4 Å². The Morgan fingerprint density at radius 2 is 1.93 bits per heavy atom. The normalized spacial score (nSPS) is 10.7. The summed E-state index contributed by atoms with van der Waals surface area (Å²) in [6.07, 6.45) is 3.89. The molecule has 0 radical (unpaired) electrons. The number of methoxy groups -OCH3 is 1. The van der Waals surface area contributed by atoms with Gasteiger partial charge in [0.05, 0.1) is 13.2 Å². The van der Waals surface area contributed by atoms with Gasteiger partial charge in [0.25, 0.3) is 0 Å². The van der Waals surface area contributed by atoms with Gasteiger partial charge >= 0.3 is 6.03 Å². The van der Waals surface area contributed by atoms with Crippen LogP contribution in [0.5, 0.6) is 0 Å². The summed E-state index contributed by atoms with van der Waals surface area (Å²) in [4.78, 5) is 29.3. The summed E-state index contributed by atoms with van der Waals surface area (Å²) in [7, 11) is 3.55. The molecule has 2 rings (SSSR count). The Kier molecular flexibility index (Phi) is 9.41. The van der Waals surface area contributed by atoms with E-state index in [1.165, 1.54) is 4.90 Å². The standard InChI is InChI=1S/C23H34N4O3/c1-5-6-13-26(17-21-11-8-12-25(21)3)22(28)18-27(14-15-30-4)23(29)24-20-10-7-9-19(2)16-20/h7-12,16H,5-6,13-15,17-18H2,1-4H3,(H,24,29). The number of aryl methyl sites for hydroxylation is 2. The smallest absolute Gasteiger partial charge is 0.322 e. The summed E-state index contributed by atoms with van der Waals surface area (Å²) in [5.74, 6) is -0.0693. The van der Waals surface area contributed by atoms with Crippen molar-refractivity contribution < 1.29 is 14.3 Å². The zero-order chi connectivity index (χ0) is 21.9. The van der Waals surface area contributed by atoms with Crippen molar-refractivity contribution >= 4 is 17.6 Å². The number of rotatable bonds is 11.